The molecule has 0 amide bonds. The maximum absolute atomic E-state index is 5.73. The number of benzene rings is 1. The first-order chi connectivity index (χ1) is 13.6. The maximum atomic E-state index is 5.73. The standard InChI is InChI=1S/C22H34N4O2/c1-6-20-19(21(7-2)28-26-20)14-25-22(23-5)24-13-12-17-8-10-18(11-9-17)27-15-16(3)4/h8-11,16H,6-7,12-15H2,1-5H3,(H2,23,24,25). The summed E-state index contributed by atoms with van der Waals surface area (Å²) in [5.41, 5.74) is 3.42. The summed E-state index contributed by atoms with van der Waals surface area (Å²) in [6.45, 7) is 10.7. The Hall–Kier alpha value is -2.50. The number of guanidine groups is 1. The first kappa shape index (κ1) is 21.8. The smallest absolute Gasteiger partial charge is 0.191 e. The molecule has 2 aromatic rings. The zero-order valence-corrected chi connectivity index (χ0v) is 17.8. The largest absolute Gasteiger partial charge is 0.493 e. The summed E-state index contributed by atoms with van der Waals surface area (Å²) in [4.78, 5) is 4.31. The van der Waals surface area contributed by atoms with Gasteiger partial charge in [0.2, 0.25) is 0 Å². The van der Waals surface area contributed by atoms with E-state index >= 15 is 0 Å². The molecule has 2 rings (SSSR count). The van der Waals surface area contributed by atoms with E-state index in [0.717, 1.165) is 61.1 Å². The van der Waals surface area contributed by atoms with Crippen LogP contribution < -0.4 is 15.4 Å². The number of nitrogens with one attached hydrogen (secondary N) is 2. The van der Waals surface area contributed by atoms with E-state index in [1.807, 2.05) is 12.1 Å². The summed E-state index contributed by atoms with van der Waals surface area (Å²) in [5, 5.41) is 10.9. The molecule has 1 heterocycles. The lowest BCUT2D eigenvalue weighted by Gasteiger charge is -2.13. The van der Waals surface area contributed by atoms with Gasteiger partial charge in [-0.2, -0.15) is 0 Å². The Morgan fingerprint density at radius 3 is 2.50 bits per heavy atom. The lowest BCUT2D eigenvalue weighted by atomic mass is 10.1. The Balaban J connectivity index is 1.79. The summed E-state index contributed by atoms with van der Waals surface area (Å²) < 4.78 is 11.2. The van der Waals surface area contributed by atoms with E-state index in [-0.39, 0.29) is 0 Å². The highest BCUT2D eigenvalue weighted by molar-refractivity contribution is 5.79. The minimum atomic E-state index is 0.530. The molecule has 28 heavy (non-hydrogen) atoms. The van der Waals surface area contributed by atoms with Crippen LogP contribution in [-0.2, 0) is 25.8 Å². The second-order valence-electron chi connectivity index (χ2n) is 7.19. The molecule has 6 nitrogen and oxygen atoms in total. The fraction of sp³-hybridized carbons (Fsp3) is 0.545. The molecule has 0 bridgehead atoms. The van der Waals surface area contributed by atoms with E-state index in [1.54, 1.807) is 7.05 Å². The number of aliphatic imine (C=N–C) groups is 1. The molecular formula is C22H34N4O2. The Kier molecular flexibility index (Phi) is 8.85. The van der Waals surface area contributed by atoms with Gasteiger partial charge in [-0.3, -0.25) is 4.99 Å². The number of hydrogen-bond acceptors (Lipinski definition) is 4. The molecule has 0 saturated carbocycles. The molecular weight excluding hydrogens is 352 g/mol. The zero-order valence-electron chi connectivity index (χ0n) is 17.8. The second-order valence-corrected chi connectivity index (χ2v) is 7.19. The first-order valence-electron chi connectivity index (χ1n) is 10.2. The quantitative estimate of drug-likeness (QED) is 0.481. The number of ether oxygens (including phenoxy) is 1. The number of nitrogens with zero attached hydrogens (tertiary/aromatic N) is 2. The van der Waals surface area contributed by atoms with Gasteiger partial charge in [0.15, 0.2) is 5.96 Å². The molecule has 0 aliphatic heterocycles. The Morgan fingerprint density at radius 2 is 1.89 bits per heavy atom. The monoisotopic (exact) mass is 386 g/mol. The molecule has 2 N–H and O–H groups in total. The Bertz CT molecular complexity index is 714. The lowest BCUT2D eigenvalue weighted by molar-refractivity contribution is 0.271. The first-order valence-corrected chi connectivity index (χ1v) is 10.2. The summed E-state index contributed by atoms with van der Waals surface area (Å²) in [5.74, 6) is 3.18. The summed E-state index contributed by atoms with van der Waals surface area (Å²) in [6.07, 6.45) is 2.62. The van der Waals surface area contributed by atoms with Crippen LogP contribution in [0.2, 0.25) is 0 Å². The van der Waals surface area contributed by atoms with Gasteiger partial charge in [-0.05, 0) is 36.5 Å². The van der Waals surface area contributed by atoms with Gasteiger partial charge in [0, 0.05) is 32.1 Å². The molecule has 0 aliphatic carbocycles. The molecule has 0 saturated heterocycles. The van der Waals surface area contributed by atoms with Crippen molar-refractivity contribution in [2.24, 2.45) is 10.9 Å². The van der Waals surface area contributed by atoms with Gasteiger partial charge in [-0.25, -0.2) is 0 Å². The van der Waals surface area contributed by atoms with E-state index in [9.17, 15) is 0 Å². The summed E-state index contributed by atoms with van der Waals surface area (Å²) >= 11 is 0. The van der Waals surface area contributed by atoms with Crippen LogP contribution in [0.15, 0.2) is 33.8 Å². The topological polar surface area (TPSA) is 71.7 Å². The van der Waals surface area contributed by atoms with Crippen molar-refractivity contribution >= 4 is 5.96 Å². The third kappa shape index (κ3) is 6.59. The van der Waals surface area contributed by atoms with Crippen LogP contribution in [0, 0.1) is 5.92 Å². The summed E-state index contributed by atoms with van der Waals surface area (Å²) in [7, 11) is 1.78. The highest BCUT2D eigenvalue weighted by atomic mass is 16.5. The Labute approximate surface area is 168 Å². The molecule has 0 aliphatic rings. The van der Waals surface area contributed by atoms with E-state index < -0.39 is 0 Å². The van der Waals surface area contributed by atoms with E-state index in [0.29, 0.717) is 12.5 Å². The second kappa shape index (κ2) is 11.4. The highest BCUT2D eigenvalue weighted by Crippen LogP contribution is 2.15. The highest BCUT2D eigenvalue weighted by Gasteiger charge is 2.13. The number of aryl methyl sites for hydroxylation is 2. The maximum Gasteiger partial charge on any atom is 0.191 e. The minimum absolute atomic E-state index is 0.530. The average Bonchev–Trinajstić information content (AvgIpc) is 3.11. The van der Waals surface area contributed by atoms with Crippen molar-refractivity contribution in [2.75, 3.05) is 20.2 Å². The Morgan fingerprint density at radius 1 is 1.14 bits per heavy atom. The van der Waals surface area contributed by atoms with Gasteiger partial charge in [0.05, 0.1) is 12.3 Å². The van der Waals surface area contributed by atoms with E-state index in [4.69, 9.17) is 9.26 Å². The SMILES string of the molecule is CCc1noc(CC)c1CNC(=NC)NCCc1ccc(OCC(C)C)cc1. The zero-order chi connectivity index (χ0) is 20.4. The predicted octanol–water partition coefficient (Wildman–Crippen LogP) is 3.74. The van der Waals surface area contributed by atoms with Crippen LogP contribution >= 0.6 is 0 Å². The molecule has 1 aromatic carbocycles. The van der Waals surface area contributed by atoms with Crippen LogP contribution in [0.3, 0.4) is 0 Å². The summed E-state index contributed by atoms with van der Waals surface area (Å²) in [6, 6.07) is 8.31. The molecule has 0 fully saturated rings. The van der Waals surface area contributed by atoms with E-state index in [2.05, 4.69) is 60.6 Å². The van der Waals surface area contributed by atoms with Gasteiger partial charge < -0.3 is 19.9 Å². The van der Waals surface area contributed by atoms with Crippen LogP contribution in [0.5, 0.6) is 5.75 Å². The van der Waals surface area contributed by atoms with Crippen LogP contribution in [0.25, 0.3) is 0 Å². The lowest BCUT2D eigenvalue weighted by Crippen LogP contribution is -2.38. The van der Waals surface area contributed by atoms with Crippen molar-refractivity contribution in [1.29, 1.82) is 0 Å². The molecule has 0 spiro atoms. The van der Waals surface area contributed by atoms with Crippen LogP contribution in [-0.4, -0.2) is 31.3 Å². The predicted molar refractivity (Wildman–Crippen MR) is 114 cm³/mol. The van der Waals surface area contributed by atoms with Crippen LogP contribution in [0.4, 0.5) is 0 Å². The normalized spacial score (nSPS) is 11.7. The van der Waals surface area contributed by atoms with Gasteiger partial charge in [0.1, 0.15) is 11.5 Å². The molecule has 154 valence electrons. The van der Waals surface area contributed by atoms with Crippen molar-refractivity contribution in [3.63, 3.8) is 0 Å². The number of hydrogen-bond donors (Lipinski definition) is 2. The van der Waals surface area contributed by atoms with Gasteiger partial charge >= 0.3 is 0 Å². The number of rotatable bonds is 10. The van der Waals surface area contributed by atoms with Crippen molar-refractivity contribution < 1.29 is 9.26 Å². The molecule has 1 aromatic heterocycles. The molecule has 6 heteroatoms. The third-order valence-electron chi connectivity index (χ3n) is 4.48. The molecule has 0 atom stereocenters. The molecule has 0 radical (unpaired) electrons. The average molecular weight is 387 g/mol. The minimum Gasteiger partial charge on any atom is -0.493 e. The van der Waals surface area contributed by atoms with Gasteiger partial charge in [0.25, 0.3) is 0 Å². The number of aromatic nitrogens is 1. The van der Waals surface area contributed by atoms with Crippen molar-refractivity contribution in [3.05, 3.63) is 46.8 Å². The molecule has 0 unspecified atom stereocenters. The van der Waals surface area contributed by atoms with Crippen molar-refractivity contribution in [2.45, 2.75) is 53.5 Å². The van der Waals surface area contributed by atoms with E-state index in [1.165, 1.54) is 5.56 Å². The van der Waals surface area contributed by atoms with Crippen molar-refractivity contribution in [3.8, 4) is 5.75 Å². The fourth-order valence-electron chi connectivity index (χ4n) is 2.87. The van der Waals surface area contributed by atoms with Gasteiger partial charge in [-0.1, -0.05) is 45.0 Å². The third-order valence-corrected chi connectivity index (χ3v) is 4.48. The van der Waals surface area contributed by atoms with Crippen LogP contribution in [0.1, 0.15) is 50.3 Å². The van der Waals surface area contributed by atoms with Crippen molar-refractivity contribution in [1.82, 2.24) is 15.8 Å². The van der Waals surface area contributed by atoms with Gasteiger partial charge in [-0.15, -0.1) is 0 Å². The fourth-order valence-corrected chi connectivity index (χ4v) is 2.87.